The lowest BCUT2D eigenvalue weighted by Gasteiger charge is -2.32. The molecule has 3 aromatic rings. The molecule has 0 saturated heterocycles. The predicted octanol–water partition coefficient (Wildman–Crippen LogP) is 3.78. The molecule has 0 saturated carbocycles. The molecule has 0 spiro atoms. The Morgan fingerprint density at radius 3 is 2.59 bits per heavy atom. The number of carbonyl (C=O) groups is 2. The van der Waals surface area contributed by atoms with E-state index in [2.05, 4.69) is 15.4 Å². The molecule has 1 aliphatic heterocycles. The zero-order chi connectivity index (χ0) is 23.0. The van der Waals surface area contributed by atoms with Crippen molar-refractivity contribution < 1.29 is 27.5 Å². The highest BCUT2D eigenvalue weighted by Crippen LogP contribution is 2.33. The van der Waals surface area contributed by atoms with Gasteiger partial charge < -0.3 is 15.0 Å². The van der Waals surface area contributed by atoms with Gasteiger partial charge >= 0.3 is 6.18 Å². The summed E-state index contributed by atoms with van der Waals surface area (Å²) >= 11 is 0. The van der Waals surface area contributed by atoms with E-state index in [0.29, 0.717) is 5.69 Å². The number of hydrogen-bond donors (Lipinski definition) is 1. The molecule has 166 valence electrons. The quantitative estimate of drug-likeness (QED) is 0.660. The Morgan fingerprint density at radius 2 is 1.94 bits per heavy atom. The van der Waals surface area contributed by atoms with Gasteiger partial charge in [0.1, 0.15) is 0 Å². The number of amides is 2. The molecule has 1 atom stereocenters. The second kappa shape index (κ2) is 7.98. The Bertz CT molecular complexity index is 1170. The second-order valence-corrected chi connectivity index (χ2v) is 7.20. The van der Waals surface area contributed by atoms with Crippen LogP contribution >= 0.6 is 0 Å². The van der Waals surface area contributed by atoms with Gasteiger partial charge in [0.25, 0.3) is 11.8 Å². The van der Waals surface area contributed by atoms with E-state index in [-0.39, 0.29) is 35.4 Å². The molecule has 0 bridgehead atoms. The first kappa shape index (κ1) is 21.3. The number of benzene rings is 1. The van der Waals surface area contributed by atoms with Gasteiger partial charge in [-0.05, 0) is 37.3 Å². The van der Waals surface area contributed by atoms with Crippen molar-refractivity contribution in [1.29, 1.82) is 0 Å². The Balaban J connectivity index is 1.62. The lowest BCUT2D eigenvalue weighted by atomic mass is 10.1. The standard InChI is InChI=1S/C21H18F3N5O3/c1-12-11-28(15-5-3-14(4-6-15)21(22,23)24)20(31)18-16(10-26-29(12)18)27-19(30)13-7-8-25-17(9-13)32-2/h3-10,12H,11H2,1-2H3,(H,27,30)/t12-/m0/s1. The monoisotopic (exact) mass is 445 g/mol. The van der Waals surface area contributed by atoms with Crippen LogP contribution in [-0.4, -0.2) is 40.2 Å². The highest BCUT2D eigenvalue weighted by Gasteiger charge is 2.35. The number of aromatic nitrogens is 3. The van der Waals surface area contributed by atoms with E-state index < -0.39 is 23.6 Å². The molecule has 2 amide bonds. The minimum absolute atomic E-state index is 0.137. The Hall–Kier alpha value is -3.89. The van der Waals surface area contributed by atoms with E-state index >= 15 is 0 Å². The first-order valence-electron chi connectivity index (χ1n) is 9.57. The van der Waals surface area contributed by atoms with Crippen LogP contribution < -0.4 is 15.0 Å². The van der Waals surface area contributed by atoms with E-state index in [1.165, 1.54) is 53.4 Å². The Labute approximate surface area is 180 Å². The van der Waals surface area contributed by atoms with Crippen molar-refractivity contribution in [2.75, 3.05) is 23.9 Å². The van der Waals surface area contributed by atoms with Crippen molar-refractivity contribution in [3.63, 3.8) is 0 Å². The average molecular weight is 445 g/mol. The van der Waals surface area contributed by atoms with Gasteiger partial charge in [0.05, 0.1) is 30.6 Å². The highest BCUT2D eigenvalue weighted by atomic mass is 19.4. The van der Waals surface area contributed by atoms with Gasteiger partial charge in [0.2, 0.25) is 5.88 Å². The van der Waals surface area contributed by atoms with Crippen LogP contribution in [0.3, 0.4) is 0 Å². The fraction of sp³-hybridized carbons (Fsp3) is 0.238. The van der Waals surface area contributed by atoms with E-state index in [0.717, 1.165) is 12.1 Å². The van der Waals surface area contributed by atoms with E-state index in [9.17, 15) is 22.8 Å². The van der Waals surface area contributed by atoms with Crippen LogP contribution in [0.5, 0.6) is 5.88 Å². The lowest BCUT2D eigenvalue weighted by molar-refractivity contribution is -0.137. The fourth-order valence-corrected chi connectivity index (χ4v) is 3.46. The molecule has 2 aromatic heterocycles. The molecule has 32 heavy (non-hydrogen) atoms. The predicted molar refractivity (Wildman–Crippen MR) is 109 cm³/mol. The summed E-state index contributed by atoms with van der Waals surface area (Å²) in [6, 6.07) is 7.03. The number of nitrogens with zero attached hydrogens (tertiary/aromatic N) is 4. The molecule has 0 unspecified atom stereocenters. The summed E-state index contributed by atoms with van der Waals surface area (Å²) in [6.45, 7) is 2.03. The van der Waals surface area contributed by atoms with Crippen molar-refractivity contribution >= 4 is 23.2 Å². The van der Waals surface area contributed by atoms with Gasteiger partial charge in [-0.25, -0.2) is 4.98 Å². The minimum atomic E-state index is -4.47. The van der Waals surface area contributed by atoms with Crippen LogP contribution in [0.2, 0.25) is 0 Å². The molecular weight excluding hydrogens is 427 g/mol. The number of methoxy groups -OCH3 is 1. The van der Waals surface area contributed by atoms with Crippen molar-refractivity contribution in [3.05, 3.63) is 65.6 Å². The van der Waals surface area contributed by atoms with Crippen LogP contribution in [0.1, 0.15) is 39.4 Å². The van der Waals surface area contributed by atoms with Gasteiger partial charge in [-0.15, -0.1) is 0 Å². The molecule has 4 rings (SSSR count). The molecule has 1 aromatic carbocycles. The zero-order valence-corrected chi connectivity index (χ0v) is 17.1. The number of hydrogen-bond acceptors (Lipinski definition) is 5. The topological polar surface area (TPSA) is 89.3 Å². The van der Waals surface area contributed by atoms with Crippen LogP contribution in [0, 0.1) is 0 Å². The highest BCUT2D eigenvalue weighted by molar-refractivity contribution is 6.13. The van der Waals surface area contributed by atoms with Gasteiger partial charge in [-0.3, -0.25) is 14.3 Å². The molecule has 3 heterocycles. The maximum atomic E-state index is 13.2. The summed E-state index contributed by atoms with van der Waals surface area (Å²) in [5.74, 6) is -0.718. The molecule has 1 aliphatic rings. The summed E-state index contributed by atoms with van der Waals surface area (Å²) in [5.41, 5.74) is 0.118. The van der Waals surface area contributed by atoms with Gasteiger partial charge in [-0.2, -0.15) is 18.3 Å². The summed E-state index contributed by atoms with van der Waals surface area (Å²) < 4.78 is 45.1. The smallest absolute Gasteiger partial charge is 0.416 e. The maximum Gasteiger partial charge on any atom is 0.416 e. The minimum Gasteiger partial charge on any atom is -0.481 e. The van der Waals surface area contributed by atoms with Gasteiger partial charge in [-0.1, -0.05) is 0 Å². The normalized spacial score (nSPS) is 16.0. The van der Waals surface area contributed by atoms with Crippen LogP contribution in [-0.2, 0) is 6.18 Å². The molecule has 0 radical (unpaired) electrons. The van der Waals surface area contributed by atoms with Crippen molar-refractivity contribution in [2.45, 2.75) is 19.1 Å². The number of fused-ring (bicyclic) bond motifs is 1. The lowest BCUT2D eigenvalue weighted by Crippen LogP contribution is -2.43. The molecule has 0 aliphatic carbocycles. The van der Waals surface area contributed by atoms with Crippen molar-refractivity contribution in [2.24, 2.45) is 0 Å². The van der Waals surface area contributed by atoms with E-state index in [1.54, 1.807) is 0 Å². The number of rotatable bonds is 4. The SMILES string of the molecule is COc1cc(C(=O)Nc2cnn3c2C(=O)N(c2ccc(C(F)(F)F)cc2)C[C@@H]3C)ccn1. The van der Waals surface area contributed by atoms with Crippen molar-refractivity contribution in [3.8, 4) is 5.88 Å². The molecule has 8 nitrogen and oxygen atoms in total. The Morgan fingerprint density at radius 1 is 1.22 bits per heavy atom. The van der Waals surface area contributed by atoms with Crippen LogP contribution in [0.4, 0.5) is 24.5 Å². The van der Waals surface area contributed by atoms with Gasteiger partial charge in [0.15, 0.2) is 5.69 Å². The van der Waals surface area contributed by atoms with E-state index in [1.807, 2.05) is 6.92 Å². The first-order valence-corrected chi connectivity index (χ1v) is 9.57. The number of alkyl halides is 3. The fourth-order valence-electron chi connectivity index (χ4n) is 3.46. The number of carbonyl (C=O) groups excluding carboxylic acids is 2. The summed E-state index contributed by atoms with van der Waals surface area (Å²) in [7, 11) is 1.42. The first-order chi connectivity index (χ1) is 15.2. The summed E-state index contributed by atoms with van der Waals surface area (Å²) in [4.78, 5) is 31.2. The molecular formula is C21H18F3N5O3. The van der Waals surface area contributed by atoms with E-state index in [4.69, 9.17) is 4.74 Å². The van der Waals surface area contributed by atoms with Crippen LogP contribution in [0.25, 0.3) is 0 Å². The third kappa shape index (κ3) is 3.88. The van der Waals surface area contributed by atoms with Crippen LogP contribution in [0.15, 0.2) is 48.8 Å². The Kier molecular flexibility index (Phi) is 5.33. The van der Waals surface area contributed by atoms with Crippen molar-refractivity contribution in [1.82, 2.24) is 14.8 Å². The number of pyridine rings is 1. The number of ether oxygens (including phenoxy) is 1. The molecule has 1 N–H and O–H groups in total. The largest absolute Gasteiger partial charge is 0.481 e. The number of nitrogens with one attached hydrogen (secondary N) is 1. The molecule has 11 heteroatoms. The summed E-state index contributed by atoms with van der Waals surface area (Å²) in [5, 5.41) is 6.88. The third-order valence-electron chi connectivity index (χ3n) is 5.07. The average Bonchev–Trinajstić information content (AvgIpc) is 3.20. The number of halogens is 3. The number of anilines is 2. The maximum absolute atomic E-state index is 13.2. The van der Waals surface area contributed by atoms with Gasteiger partial charge in [0, 0.05) is 30.1 Å². The second-order valence-electron chi connectivity index (χ2n) is 7.20. The zero-order valence-electron chi connectivity index (χ0n) is 17.1. The summed E-state index contributed by atoms with van der Waals surface area (Å²) in [6.07, 6.45) is -1.68. The molecule has 0 fully saturated rings. The third-order valence-corrected chi connectivity index (χ3v) is 5.07.